The minimum atomic E-state index is 0.726. The fourth-order valence-electron chi connectivity index (χ4n) is 2.65. The highest BCUT2D eigenvalue weighted by Gasteiger charge is 2.26. The second-order valence-electron chi connectivity index (χ2n) is 4.17. The zero-order valence-corrected chi connectivity index (χ0v) is 8.83. The van der Waals surface area contributed by atoms with Crippen LogP contribution in [0.2, 0.25) is 0 Å². The second kappa shape index (κ2) is 3.42. The first-order valence-electron chi connectivity index (χ1n) is 5.62. The van der Waals surface area contributed by atoms with Gasteiger partial charge in [-0.05, 0) is 18.1 Å². The molecule has 0 saturated heterocycles. The van der Waals surface area contributed by atoms with E-state index in [-0.39, 0.29) is 0 Å². The Balaban J connectivity index is 2.05. The van der Waals surface area contributed by atoms with E-state index in [0.29, 0.717) is 0 Å². The molecule has 0 amide bonds. The molecule has 0 aromatic heterocycles. The van der Waals surface area contributed by atoms with Gasteiger partial charge in [-0.25, -0.2) is 0 Å². The van der Waals surface area contributed by atoms with Gasteiger partial charge >= 0.3 is 0 Å². The first-order chi connectivity index (χ1) is 7.40. The maximum atomic E-state index is 5.64. The molecule has 2 N–H and O–H groups in total. The molecule has 80 valence electrons. The molecule has 1 aromatic carbocycles. The maximum Gasteiger partial charge on any atom is 0.124 e. The summed E-state index contributed by atoms with van der Waals surface area (Å²) in [6.45, 7) is 3.64. The van der Waals surface area contributed by atoms with Crippen molar-refractivity contribution in [3.05, 3.63) is 23.3 Å². The van der Waals surface area contributed by atoms with E-state index in [1.165, 1.54) is 16.8 Å². The summed E-state index contributed by atoms with van der Waals surface area (Å²) in [4.78, 5) is 2.41. The fourth-order valence-corrected chi connectivity index (χ4v) is 2.65. The summed E-state index contributed by atoms with van der Waals surface area (Å²) >= 11 is 0. The van der Waals surface area contributed by atoms with Crippen molar-refractivity contribution in [2.75, 3.05) is 31.1 Å². The van der Waals surface area contributed by atoms with Crippen LogP contribution in [0, 0.1) is 0 Å². The summed E-state index contributed by atoms with van der Waals surface area (Å²) in [6, 6.07) is 4.32. The fraction of sp³-hybridized carbons (Fsp3) is 0.500. The van der Waals surface area contributed by atoms with Crippen LogP contribution < -0.4 is 15.4 Å². The van der Waals surface area contributed by atoms with Gasteiger partial charge < -0.3 is 15.4 Å². The van der Waals surface area contributed by atoms with E-state index in [9.17, 15) is 0 Å². The van der Waals surface area contributed by atoms with Gasteiger partial charge in [0.05, 0.1) is 6.61 Å². The first kappa shape index (κ1) is 9.04. The average molecular weight is 204 g/mol. The van der Waals surface area contributed by atoms with Gasteiger partial charge in [0.2, 0.25) is 0 Å². The predicted molar refractivity (Wildman–Crippen MR) is 60.6 cm³/mol. The van der Waals surface area contributed by atoms with E-state index in [2.05, 4.69) is 17.0 Å². The highest BCUT2D eigenvalue weighted by molar-refractivity contribution is 5.68. The maximum absolute atomic E-state index is 5.64. The molecule has 2 aliphatic rings. The van der Waals surface area contributed by atoms with Crippen LogP contribution in [0.15, 0.2) is 12.1 Å². The van der Waals surface area contributed by atoms with Crippen LogP contribution >= 0.6 is 0 Å². The Morgan fingerprint density at radius 1 is 1.33 bits per heavy atom. The Kier molecular flexibility index (Phi) is 2.06. The summed E-state index contributed by atoms with van der Waals surface area (Å²) in [6.07, 6.45) is 2.21. The van der Waals surface area contributed by atoms with E-state index in [1.807, 2.05) is 0 Å². The van der Waals surface area contributed by atoms with Gasteiger partial charge in [0.15, 0.2) is 0 Å². The van der Waals surface area contributed by atoms with Gasteiger partial charge in [0.1, 0.15) is 5.75 Å². The normalized spacial score (nSPS) is 17.5. The molecule has 0 radical (unpaired) electrons. The molecule has 0 fully saturated rings. The van der Waals surface area contributed by atoms with Gasteiger partial charge in [-0.3, -0.25) is 0 Å². The molecule has 3 heteroatoms. The molecule has 0 unspecified atom stereocenters. The van der Waals surface area contributed by atoms with Gasteiger partial charge in [-0.1, -0.05) is 6.07 Å². The number of benzene rings is 1. The predicted octanol–water partition coefficient (Wildman–Crippen LogP) is 0.943. The first-order valence-corrected chi connectivity index (χ1v) is 5.62. The number of nitrogens with zero attached hydrogens (tertiary/aromatic N) is 1. The molecular formula is C12H16N2O. The Morgan fingerprint density at radius 2 is 2.27 bits per heavy atom. The van der Waals surface area contributed by atoms with Gasteiger partial charge in [-0.15, -0.1) is 0 Å². The number of ether oxygens (including phenoxy) is 1. The highest BCUT2D eigenvalue weighted by atomic mass is 16.5. The third kappa shape index (κ3) is 1.30. The number of hydrogen-bond acceptors (Lipinski definition) is 3. The zero-order chi connectivity index (χ0) is 10.3. The molecule has 0 atom stereocenters. The average Bonchev–Trinajstić information content (AvgIpc) is 2.83. The van der Waals surface area contributed by atoms with Crippen LogP contribution in [0.3, 0.4) is 0 Å². The number of hydrogen-bond donors (Lipinski definition) is 1. The SMILES string of the molecule is NCCN1CCc2ccc3c(c21)CCO3. The van der Waals surface area contributed by atoms with Gasteiger partial charge in [0, 0.05) is 37.3 Å². The lowest BCUT2D eigenvalue weighted by atomic mass is 10.1. The molecule has 3 rings (SSSR count). The quantitative estimate of drug-likeness (QED) is 0.779. The van der Waals surface area contributed by atoms with Crippen molar-refractivity contribution >= 4 is 5.69 Å². The number of rotatable bonds is 2. The van der Waals surface area contributed by atoms with Crippen molar-refractivity contribution < 1.29 is 4.74 Å². The van der Waals surface area contributed by atoms with Gasteiger partial charge in [0.25, 0.3) is 0 Å². The molecule has 0 aliphatic carbocycles. The minimum Gasteiger partial charge on any atom is -0.493 e. The van der Waals surface area contributed by atoms with Crippen molar-refractivity contribution in [2.45, 2.75) is 12.8 Å². The number of anilines is 1. The Morgan fingerprint density at radius 3 is 3.13 bits per heavy atom. The Hall–Kier alpha value is -1.22. The van der Waals surface area contributed by atoms with Crippen molar-refractivity contribution in [3.63, 3.8) is 0 Å². The monoisotopic (exact) mass is 204 g/mol. The summed E-state index contributed by atoms with van der Waals surface area (Å²) in [5.41, 5.74) is 9.92. The summed E-state index contributed by atoms with van der Waals surface area (Å²) < 4.78 is 5.59. The van der Waals surface area contributed by atoms with Crippen molar-refractivity contribution in [2.24, 2.45) is 5.73 Å². The van der Waals surface area contributed by atoms with E-state index < -0.39 is 0 Å². The summed E-state index contributed by atoms with van der Waals surface area (Å²) in [5, 5.41) is 0. The van der Waals surface area contributed by atoms with Crippen LogP contribution in [0.1, 0.15) is 11.1 Å². The van der Waals surface area contributed by atoms with Crippen LogP contribution in [0.4, 0.5) is 5.69 Å². The molecule has 1 aromatic rings. The van der Waals surface area contributed by atoms with Crippen LogP contribution in [-0.2, 0) is 12.8 Å². The van der Waals surface area contributed by atoms with Crippen LogP contribution in [0.25, 0.3) is 0 Å². The van der Waals surface area contributed by atoms with E-state index in [0.717, 1.165) is 44.8 Å². The van der Waals surface area contributed by atoms with E-state index in [1.54, 1.807) is 0 Å². The molecule has 0 spiro atoms. The molecule has 3 nitrogen and oxygen atoms in total. The highest BCUT2D eigenvalue weighted by Crippen LogP contribution is 2.39. The third-order valence-electron chi connectivity index (χ3n) is 3.30. The Labute approximate surface area is 89.8 Å². The van der Waals surface area contributed by atoms with Crippen LogP contribution in [0.5, 0.6) is 5.75 Å². The second-order valence-corrected chi connectivity index (χ2v) is 4.17. The lowest BCUT2D eigenvalue weighted by molar-refractivity contribution is 0.357. The van der Waals surface area contributed by atoms with Gasteiger partial charge in [-0.2, -0.15) is 0 Å². The van der Waals surface area contributed by atoms with Crippen molar-refractivity contribution in [3.8, 4) is 5.75 Å². The largest absolute Gasteiger partial charge is 0.493 e. The standard InChI is InChI=1S/C12H16N2O/c13-5-7-14-6-3-9-1-2-11-10(12(9)14)4-8-15-11/h1-2H,3-8,13H2. The van der Waals surface area contributed by atoms with Crippen molar-refractivity contribution in [1.29, 1.82) is 0 Å². The smallest absolute Gasteiger partial charge is 0.124 e. The molecule has 2 aliphatic heterocycles. The van der Waals surface area contributed by atoms with E-state index in [4.69, 9.17) is 10.5 Å². The Bertz CT molecular complexity index is 387. The number of nitrogens with two attached hydrogens (primary N) is 1. The topological polar surface area (TPSA) is 38.5 Å². The summed E-state index contributed by atoms with van der Waals surface area (Å²) in [5.74, 6) is 1.08. The third-order valence-corrected chi connectivity index (χ3v) is 3.30. The minimum absolute atomic E-state index is 0.726. The lowest BCUT2D eigenvalue weighted by Crippen LogP contribution is -2.27. The molecular weight excluding hydrogens is 188 g/mol. The lowest BCUT2D eigenvalue weighted by Gasteiger charge is -2.20. The molecule has 0 saturated carbocycles. The van der Waals surface area contributed by atoms with E-state index >= 15 is 0 Å². The zero-order valence-electron chi connectivity index (χ0n) is 8.83. The molecule has 0 bridgehead atoms. The van der Waals surface area contributed by atoms with Crippen molar-refractivity contribution in [1.82, 2.24) is 0 Å². The molecule has 15 heavy (non-hydrogen) atoms. The number of fused-ring (bicyclic) bond motifs is 3. The summed E-state index contributed by atoms with van der Waals surface area (Å²) in [7, 11) is 0. The molecule has 2 heterocycles. The van der Waals surface area contributed by atoms with Crippen LogP contribution in [-0.4, -0.2) is 26.2 Å².